The fourth-order valence-corrected chi connectivity index (χ4v) is 4.10. The molecule has 31 heavy (non-hydrogen) atoms. The summed E-state index contributed by atoms with van der Waals surface area (Å²) in [5, 5.41) is 4.55. The third-order valence-corrected chi connectivity index (χ3v) is 5.67. The van der Waals surface area contributed by atoms with Crippen molar-refractivity contribution in [3.8, 4) is 11.3 Å². The standard InChI is InChI=1S/C24H29N5O2/c1-23(2,3)31-22(30)28-14-10-24(11-15-28,29-13-5-12-27-29)19-8-9-21(26-17-19)18-6-4-7-20(25)16-18/h4-9,12-13,16-17H,10-11,14-15,25H2,1-3H3. The Bertz CT molecular complexity index is 1030. The van der Waals surface area contributed by atoms with Gasteiger partial charge in [0.1, 0.15) is 5.60 Å². The summed E-state index contributed by atoms with van der Waals surface area (Å²) in [6.45, 7) is 6.83. The van der Waals surface area contributed by atoms with Crippen LogP contribution in [0.5, 0.6) is 0 Å². The van der Waals surface area contributed by atoms with Crippen LogP contribution < -0.4 is 5.73 Å². The summed E-state index contributed by atoms with van der Waals surface area (Å²) in [5.41, 5.74) is 8.71. The second-order valence-electron chi connectivity index (χ2n) is 9.01. The van der Waals surface area contributed by atoms with Gasteiger partial charge in [-0.3, -0.25) is 9.67 Å². The number of nitrogen functional groups attached to an aromatic ring is 1. The van der Waals surface area contributed by atoms with Crippen molar-refractivity contribution in [3.05, 3.63) is 66.6 Å². The maximum Gasteiger partial charge on any atom is 0.410 e. The van der Waals surface area contributed by atoms with Gasteiger partial charge in [-0.15, -0.1) is 0 Å². The number of benzene rings is 1. The first kappa shape index (κ1) is 20.9. The molecule has 4 rings (SSSR count). The Labute approximate surface area is 182 Å². The SMILES string of the molecule is CC(C)(C)OC(=O)N1CCC(c2ccc(-c3cccc(N)c3)nc2)(n2cccn2)CC1. The van der Waals surface area contributed by atoms with Gasteiger partial charge in [-0.05, 0) is 63.4 Å². The number of aromatic nitrogens is 3. The lowest BCUT2D eigenvalue weighted by molar-refractivity contribution is 0.0138. The molecule has 7 nitrogen and oxygen atoms in total. The van der Waals surface area contributed by atoms with E-state index in [0.29, 0.717) is 18.8 Å². The van der Waals surface area contributed by atoms with Crippen molar-refractivity contribution in [1.82, 2.24) is 19.7 Å². The van der Waals surface area contributed by atoms with Gasteiger partial charge in [-0.25, -0.2) is 4.79 Å². The summed E-state index contributed by atoms with van der Waals surface area (Å²) in [4.78, 5) is 19.0. The molecule has 1 aliphatic rings. The van der Waals surface area contributed by atoms with Crippen LogP contribution in [-0.2, 0) is 10.3 Å². The van der Waals surface area contributed by atoms with Crippen molar-refractivity contribution < 1.29 is 9.53 Å². The lowest BCUT2D eigenvalue weighted by Gasteiger charge is -2.42. The van der Waals surface area contributed by atoms with Gasteiger partial charge >= 0.3 is 6.09 Å². The topological polar surface area (TPSA) is 86.3 Å². The predicted molar refractivity (Wildman–Crippen MR) is 120 cm³/mol. The molecule has 3 heterocycles. The van der Waals surface area contributed by atoms with E-state index in [1.165, 1.54) is 0 Å². The van der Waals surface area contributed by atoms with Gasteiger partial charge in [-0.1, -0.05) is 18.2 Å². The lowest BCUT2D eigenvalue weighted by Crippen LogP contribution is -2.50. The van der Waals surface area contributed by atoms with Crippen LogP contribution in [-0.4, -0.2) is 44.4 Å². The summed E-state index contributed by atoms with van der Waals surface area (Å²) < 4.78 is 7.55. The number of nitrogens with two attached hydrogens (primary N) is 1. The molecule has 0 saturated carbocycles. The van der Waals surface area contributed by atoms with Crippen molar-refractivity contribution in [2.24, 2.45) is 0 Å². The van der Waals surface area contributed by atoms with Gasteiger partial charge in [0, 0.05) is 42.9 Å². The highest BCUT2D eigenvalue weighted by Gasteiger charge is 2.40. The van der Waals surface area contributed by atoms with Crippen LogP contribution in [0.3, 0.4) is 0 Å². The van der Waals surface area contributed by atoms with E-state index >= 15 is 0 Å². The van der Waals surface area contributed by atoms with E-state index in [4.69, 9.17) is 15.5 Å². The molecule has 0 unspecified atom stereocenters. The number of anilines is 1. The highest BCUT2D eigenvalue weighted by atomic mass is 16.6. The third-order valence-electron chi connectivity index (χ3n) is 5.67. The molecule has 1 fully saturated rings. The number of likely N-dealkylation sites (tertiary alicyclic amines) is 1. The number of carbonyl (C=O) groups excluding carboxylic acids is 1. The normalized spacial score (nSPS) is 16.2. The molecule has 0 atom stereocenters. The van der Waals surface area contributed by atoms with Gasteiger partial charge in [0.2, 0.25) is 0 Å². The molecule has 1 aromatic carbocycles. The predicted octanol–water partition coefficient (Wildman–Crippen LogP) is 4.30. The van der Waals surface area contributed by atoms with Crippen molar-refractivity contribution >= 4 is 11.8 Å². The molecule has 2 aromatic heterocycles. The molecule has 3 aromatic rings. The number of piperidine rings is 1. The Balaban J connectivity index is 1.59. The summed E-state index contributed by atoms with van der Waals surface area (Å²) in [6, 6.07) is 13.8. The van der Waals surface area contributed by atoms with Gasteiger partial charge < -0.3 is 15.4 Å². The minimum atomic E-state index is -0.506. The molecular formula is C24H29N5O2. The quantitative estimate of drug-likeness (QED) is 0.640. The van der Waals surface area contributed by atoms with Crippen molar-refractivity contribution in [3.63, 3.8) is 0 Å². The minimum absolute atomic E-state index is 0.267. The Morgan fingerprint density at radius 3 is 2.48 bits per heavy atom. The van der Waals surface area contributed by atoms with Crippen LogP contribution >= 0.6 is 0 Å². The first-order chi connectivity index (χ1) is 14.8. The van der Waals surface area contributed by atoms with Gasteiger partial charge in [0.05, 0.1) is 11.2 Å². The van der Waals surface area contributed by atoms with E-state index in [0.717, 1.165) is 29.7 Å². The Morgan fingerprint density at radius 1 is 1.13 bits per heavy atom. The first-order valence-electron chi connectivity index (χ1n) is 10.6. The smallest absolute Gasteiger partial charge is 0.410 e. The number of hydrogen-bond acceptors (Lipinski definition) is 5. The van der Waals surface area contributed by atoms with Crippen LogP contribution in [0.25, 0.3) is 11.3 Å². The number of carbonyl (C=O) groups is 1. The molecule has 1 amide bonds. The van der Waals surface area contributed by atoms with Crippen LogP contribution in [0, 0.1) is 0 Å². The van der Waals surface area contributed by atoms with Crippen LogP contribution in [0.4, 0.5) is 10.5 Å². The average molecular weight is 420 g/mol. The third kappa shape index (κ3) is 4.40. The number of ether oxygens (including phenoxy) is 1. The molecule has 2 N–H and O–H groups in total. The molecule has 0 spiro atoms. The van der Waals surface area contributed by atoms with E-state index < -0.39 is 5.60 Å². The number of rotatable bonds is 3. The zero-order chi connectivity index (χ0) is 22.1. The second kappa shape index (κ2) is 8.06. The molecule has 1 aliphatic heterocycles. The average Bonchev–Trinajstić information content (AvgIpc) is 3.28. The molecule has 162 valence electrons. The highest BCUT2D eigenvalue weighted by Crippen LogP contribution is 2.37. The molecular weight excluding hydrogens is 390 g/mol. The Morgan fingerprint density at radius 2 is 1.90 bits per heavy atom. The highest BCUT2D eigenvalue weighted by molar-refractivity contribution is 5.68. The maximum absolute atomic E-state index is 12.5. The number of nitrogens with zero attached hydrogens (tertiary/aromatic N) is 4. The summed E-state index contributed by atoms with van der Waals surface area (Å²) in [7, 11) is 0. The van der Waals surface area contributed by atoms with E-state index in [-0.39, 0.29) is 11.6 Å². The zero-order valence-electron chi connectivity index (χ0n) is 18.3. The van der Waals surface area contributed by atoms with Crippen molar-refractivity contribution in [2.75, 3.05) is 18.8 Å². The minimum Gasteiger partial charge on any atom is -0.444 e. The fourth-order valence-electron chi connectivity index (χ4n) is 4.10. The number of pyridine rings is 1. The van der Waals surface area contributed by atoms with Crippen LogP contribution in [0.1, 0.15) is 39.2 Å². The number of amides is 1. The van der Waals surface area contributed by atoms with Gasteiger partial charge in [0.25, 0.3) is 0 Å². The fraction of sp³-hybridized carbons (Fsp3) is 0.375. The van der Waals surface area contributed by atoms with E-state index in [2.05, 4.69) is 11.2 Å². The summed E-state index contributed by atoms with van der Waals surface area (Å²) >= 11 is 0. The first-order valence-corrected chi connectivity index (χ1v) is 10.6. The van der Waals surface area contributed by atoms with Crippen LogP contribution in [0.2, 0.25) is 0 Å². The molecule has 0 aliphatic carbocycles. The second-order valence-corrected chi connectivity index (χ2v) is 9.01. The Kier molecular flexibility index (Phi) is 5.43. The maximum atomic E-state index is 12.5. The van der Waals surface area contributed by atoms with E-state index in [9.17, 15) is 4.79 Å². The monoisotopic (exact) mass is 419 g/mol. The van der Waals surface area contributed by atoms with Gasteiger partial charge in [0.15, 0.2) is 0 Å². The largest absolute Gasteiger partial charge is 0.444 e. The molecule has 0 bridgehead atoms. The van der Waals surface area contributed by atoms with Gasteiger partial charge in [-0.2, -0.15) is 5.10 Å². The molecule has 0 radical (unpaired) electrons. The number of hydrogen-bond donors (Lipinski definition) is 1. The van der Waals surface area contributed by atoms with Crippen molar-refractivity contribution in [1.29, 1.82) is 0 Å². The van der Waals surface area contributed by atoms with E-state index in [1.54, 1.807) is 11.1 Å². The lowest BCUT2D eigenvalue weighted by atomic mass is 9.81. The summed E-state index contributed by atoms with van der Waals surface area (Å²) in [5.74, 6) is 0. The molecule has 7 heteroatoms. The molecule has 1 saturated heterocycles. The van der Waals surface area contributed by atoms with Crippen molar-refractivity contribution in [2.45, 2.75) is 44.8 Å². The zero-order valence-corrected chi connectivity index (χ0v) is 18.3. The van der Waals surface area contributed by atoms with E-state index in [1.807, 2.05) is 74.2 Å². The summed E-state index contributed by atoms with van der Waals surface area (Å²) in [6.07, 6.45) is 6.88. The van der Waals surface area contributed by atoms with Crippen LogP contribution in [0.15, 0.2) is 61.1 Å². The Hall–Kier alpha value is -3.35.